The number of carbonyl (C=O) groups is 2. The van der Waals surface area contributed by atoms with Crippen LogP contribution in [0.1, 0.15) is 16.1 Å². The van der Waals surface area contributed by atoms with Gasteiger partial charge in [0.15, 0.2) is 0 Å². The molecule has 2 N–H and O–H groups in total. The number of aromatic nitrogens is 1. The highest BCUT2D eigenvalue weighted by Crippen LogP contribution is 2.11. The lowest BCUT2D eigenvalue weighted by atomic mass is 10.2. The van der Waals surface area contributed by atoms with Crippen LogP contribution in [0.5, 0.6) is 0 Å². The number of benzene rings is 1. The van der Waals surface area contributed by atoms with Gasteiger partial charge in [-0.1, -0.05) is 30.3 Å². The zero-order chi connectivity index (χ0) is 17.4. The number of rotatable bonds is 6. The topological polar surface area (TPSA) is 91.8 Å². The molecule has 7 heteroatoms. The fourth-order valence-electron chi connectivity index (χ4n) is 1.95. The molecule has 0 aliphatic rings. The largest absolute Gasteiger partial charge is 0.444 e. The molecule has 7 nitrogen and oxygen atoms in total. The normalized spacial score (nSPS) is 10.1. The Hall–Kier alpha value is -2.93. The molecule has 0 saturated carbocycles. The van der Waals surface area contributed by atoms with E-state index in [9.17, 15) is 9.59 Å². The molecule has 0 aliphatic carbocycles. The summed E-state index contributed by atoms with van der Waals surface area (Å²) in [7, 11) is 1.56. The summed E-state index contributed by atoms with van der Waals surface area (Å²) in [6.45, 7) is 0.228. The van der Waals surface area contributed by atoms with Crippen LogP contribution in [0.15, 0.2) is 48.7 Å². The van der Waals surface area contributed by atoms with Crippen molar-refractivity contribution in [1.29, 1.82) is 0 Å². The predicted molar refractivity (Wildman–Crippen MR) is 88.5 cm³/mol. The lowest BCUT2D eigenvalue weighted by Gasteiger charge is -2.15. The first-order chi connectivity index (χ1) is 11.6. The second-order valence-electron chi connectivity index (χ2n) is 5.07. The molecule has 2 amide bonds. The third kappa shape index (κ3) is 5.06. The number of anilines is 1. The minimum absolute atomic E-state index is 0.133. The number of aliphatic hydroxyl groups is 1. The molecule has 2 aromatic rings. The van der Waals surface area contributed by atoms with Crippen molar-refractivity contribution in [1.82, 2.24) is 9.88 Å². The van der Waals surface area contributed by atoms with Crippen LogP contribution < -0.4 is 5.32 Å². The average Bonchev–Trinajstić information content (AvgIpc) is 2.60. The lowest BCUT2D eigenvalue weighted by molar-refractivity contribution is 0.0761. The third-order valence-electron chi connectivity index (χ3n) is 3.22. The number of ether oxygens (including phenoxy) is 1. The number of hydrogen-bond donors (Lipinski definition) is 2. The monoisotopic (exact) mass is 329 g/mol. The second kappa shape index (κ2) is 8.64. The molecule has 0 atom stereocenters. The molecule has 0 bridgehead atoms. The van der Waals surface area contributed by atoms with Gasteiger partial charge in [-0.25, -0.2) is 4.79 Å². The Bertz CT molecular complexity index is 691. The Morgan fingerprint density at radius 3 is 2.71 bits per heavy atom. The van der Waals surface area contributed by atoms with Crippen molar-refractivity contribution >= 4 is 17.7 Å². The van der Waals surface area contributed by atoms with Crippen LogP contribution in [0.4, 0.5) is 10.5 Å². The van der Waals surface area contributed by atoms with Crippen LogP contribution in [0, 0.1) is 0 Å². The van der Waals surface area contributed by atoms with E-state index < -0.39 is 6.09 Å². The van der Waals surface area contributed by atoms with E-state index in [0.717, 1.165) is 5.56 Å². The first-order valence-corrected chi connectivity index (χ1v) is 7.40. The van der Waals surface area contributed by atoms with E-state index in [0.29, 0.717) is 5.69 Å². The van der Waals surface area contributed by atoms with E-state index in [1.807, 2.05) is 30.3 Å². The highest BCUT2D eigenvalue weighted by molar-refractivity contribution is 5.94. The van der Waals surface area contributed by atoms with Gasteiger partial charge in [-0.3, -0.25) is 15.1 Å². The molecule has 0 fully saturated rings. The van der Waals surface area contributed by atoms with E-state index in [4.69, 9.17) is 9.84 Å². The summed E-state index contributed by atoms with van der Waals surface area (Å²) in [4.78, 5) is 29.2. The van der Waals surface area contributed by atoms with Crippen molar-refractivity contribution in [2.24, 2.45) is 0 Å². The summed E-state index contributed by atoms with van der Waals surface area (Å²) in [5.41, 5.74) is 1.46. The van der Waals surface area contributed by atoms with Crippen LogP contribution in [0.2, 0.25) is 0 Å². The summed E-state index contributed by atoms with van der Waals surface area (Å²) >= 11 is 0. The molecule has 126 valence electrons. The highest BCUT2D eigenvalue weighted by Gasteiger charge is 2.14. The highest BCUT2D eigenvalue weighted by atomic mass is 16.5. The van der Waals surface area contributed by atoms with Gasteiger partial charge >= 0.3 is 6.09 Å². The van der Waals surface area contributed by atoms with Gasteiger partial charge in [0, 0.05) is 25.5 Å². The van der Waals surface area contributed by atoms with Crippen LogP contribution in [-0.2, 0) is 11.3 Å². The quantitative estimate of drug-likeness (QED) is 0.844. The van der Waals surface area contributed by atoms with Gasteiger partial charge < -0.3 is 14.7 Å². The molecule has 2 rings (SSSR count). The Morgan fingerprint density at radius 1 is 1.25 bits per heavy atom. The third-order valence-corrected chi connectivity index (χ3v) is 3.22. The van der Waals surface area contributed by atoms with Crippen LogP contribution >= 0.6 is 0 Å². The van der Waals surface area contributed by atoms with Crippen molar-refractivity contribution < 1.29 is 19.4 Å². The fourth-order valence-corrected chi connectivity index (χ4v) is 1.95. The lowest BCUT2D eigenvalue weighted by Crippen LogP contribution is -2.30. The van der Waals surface area contributed by atoms with Crippen molar-refractivity contribution in [3.63, 3.8) is 0 Å². The van der Waals surface area contributed by atoms with Crippen LogP contribution in [0.25, 0.3) is 0 Å². The minimum atomic E-state index is -0.618. The summed E-state index contributed by atoms with van der Waals surface area (Å²) < 4.78 is 5.12. The summed E-state index contributed by atoms with van der Waals surface area (Å²) in [6.07, 6.45) is 0.805. The molecular weight excluding hydrogens is 310 g/mol. The van der Waals surface area contributed by atoms with Gasteiger partial charge in [0.2, 0.25) is 0 Å². The molecule has 24 heavy (non-hydrogen) atoms. The fraction of sp³-hybridized carbons (Fsp3) is 0.235. The number of pyridine rings is 1. The summed E-state index contributed by atoms with van der Waals surface area (Å²) in [5.74, 6) is -0.342. The summed E-state index contributed by atoms with van der Waals surface area (Å²) in [5, 5.41) is 11.4. The molecule has 0 saturated heterocycles. The van der Waals surface area contributed by atoms with Gasteiger partial charge in [0.25, 0.3) is 5.91 Å². The predicted octanol–water partition coefficient (Wildman–Crippen LogP) is 1.89. The summed E-state index contributed by atoms with van der Waals surface area (Å²) in [6, 6.07) is 12.3. The molecule has 1 heterocycles. The number of likely N-dealkylation sites (N-methyl/N-ethyl adjacent to an activating group) is 1. The molecular formula is C17H19N3O4. The smallest absolute Gasteiger partial charge is 0.411 e. The van der Waals surface area contributed by atoms with Crippen LogP contribution in [-0.4, -0.2) is 47.2 Å². The zero-order valence-electron chi connectivity index (χ0n) is 13.3. The van der Waals surface area contributed by atoms with Crippen molar-refractivity contribution in [3.05, 3.63) is 59.9 Å². The minimum Gasteiger partial charge on any atom is -0.444 e. The Labute approximate surface area is 139 Å². The maximum absolute atomic E-state index is 12.1. The number of nitrogens with zero attached hydrogens (tertiary/aromatic N) is 2. The number of amides is 2. The van der Waals surface area contributed by atoms with Gasteiger partial charge in [-0.15, -0.1) is 0 Å². The Kier molecular flexibility index (Phi) is 6.27. The SMILES string of the molecule is CN(CCO)C(=O)c1cc(NC(=O)OCc2ccccc2)ccn1. The number of nitrogens with one attached hydrogen (secondary N) is 1. The van der Waals surface area contributed by atoms with E-state index in [2.05, 4.69) is 10.3 Å². The molecule has 1 aromatic carbocycles. The first kappa shape index (κ1) is 17.4. The number of carbonyl (C=O) groups excluding carboxylic acids is 2. The van der Waals surface area contributed by atoms with Crippen molar-refractivity contribution in [3.8, 4) is 0 Å². The molecule has 0 spiro atoms. The van der Waals surface area contributed by atoms with E-state index in [-0.39, 0.29) is 31.4 Å². The maximum atomic E-state index is 12.1. The first-order valence-electron chi connectivity index (χ1n) is 7.40. The molecule has 0 unspecified atom stereocenters. The molecule has 0 radical (unpaired) electrons. The van der Waals surface area contributed by atoms with Gasteiger partial charge in [-0.05, 0) is 17.7 Å². The standard InChI is InChI=1S/C17H19N3O4/c1-20(9-10-21)16(22)15-11-14(7-8-18-15)19-17(23)24-12-13-5-3-2-4-6-13/h2-8,11,21H,9-10,12H2,1H3,(H,18,19,23). The molecule has 1 aromatic heterocycles. The van der Waals surface area contributed by atoms with Gasteiger partial charge in [0.05, 0.1) is 6.61 Å². The average molecular weight is 329 g/mol. The number of aliphatic hydroxyl groups excluding tert-OH is 1. The number of hydrogen-bond acceptors (Lipinski definition) is 5. The zero-order valence-corrected chi connectivity index (χ0v) is 13.3. The van der Waals surface area contributed by atoms with Crippen molar-refractivity contribution in [2.75, 3.05) is 25.5 Å². The van der Waals surface area contributed by atoms with Gasteiger partial charge in [0.1, 0.15) is 12.3 Å². The van der Waals surface area contributed by atoms with Crippen LogP contribution in [0.3, 0.4) is 0 Å². The van der Waals surface area contributed by atoms with E-state index >= 15 is 0 Å². The van der Waals surface area contributed by atoms with Crippen molar-refractivity contribution in [2.45, 2.75) is 6.61 Å². The van der Waals surface area contributed by atoms with E-state index in [1.165, 1.54) is 17.2 Å². The Balaban J connectivity index is 1.93. The Morgan fingerprint density at radius 2 is 2.00 bits per heavy atom. The molecule has 0 aliphatic heterocycles. The van der Waals surface area contributed by atoms with Gasteiger partial charge in [-0.2, -0.15) is 0 Å². The van der Waals surface area contributed by atoms with E-state index in [1.54, 1.807) is 13.1 Å². The second-order valence-corrected chi connectivity index (χ2v) is 5.07. The maximum Gasteiger partial charge on any atom is 0.411 e.